The Bertz CT molecular complexity index is 759. The third-order valence-electron chi connectivity index (χ3n) is 4.09. The second-order valence-electron chi connectivity index (χ2n) is 5.71. The molecule has 6 nitrogen and oxygen atoms in total. The van der Waals surface area contributed by atoms with E-state index in [4.69, 9.17) is 0 Å². The van der Waals surface area contributed by atoms with E-state index >= 15 is 0 Å². The van der Waals surface area contributed by atoms with Gasteiger partial charge in [-0.2, -0.15) is 0 Å². The molecule has 2 heterocycles. The molecule has 126 valence electrons. The Labute approximate surface area is 140 Å². The number of benzene rings is 1. The molecular weight excluding hydrogens is 309 g/mol. The fraction of sp³-hybridized carbons (Fsp3) is 0.353. The number of aryl methyl sites for hydroxylation is 1. The van der Waals surface area contributed by atoms with Crippen molar-refractivity contribution < 1.29 is 9.18 Å². The number of anilines is 1. The van der Waals surface area contributed by atoms with Gasteiger partial charge in [-0.05, 0) is 30.7 Å². The van der Waals surface area contributed by atoms with Gasteiger partial charge in [0, 0.05) is 45.0 Å². The summed E-state index contributed by atoms with van der Waals surface area (Å²) in [6, 6.07) is 4.47. The van der Waals surface area contributed by atoms with Crippen molar-refractivity contribution in [2.75, 3.05) is 38.1 Å². The van der Waals surface area contributed by atoms with Gasteiger partial charge in [-0.25, -0.2) is 14.4 Å². The van der Waals surface area contributed by atoms with Crippen LogP contribution in [0.3, 0.4) is 0 Å². The van der Waals surface area contributed by atoms with Crippen molar-refractivity contribution in [3.63, 3.8) is 0 Å². The predicted octanol–water partition coefficient (Wildman–Crippen LogP) is 1.36. The molecule has 3 rings (SSSR count). The Morgan fingerprint density at radius 1 is 1.33 bits per heavy atom. The first-order valence-electron chi connectivity index (χ1n) is 7.91. The molecule has 1 aromatic carbocycles. The monoisotopic (exact) mass is 329 g/mol. The van der Waals surface area contributed by atoms with Crippen molar-refractivity contribution in [2.24, 2.45) is 0 Å². The molecule has 24 heavy (non-hydrogen) atoms. The number of nitrogens with one attached hydrogen (secondary N) is 2. The maximum Gasteiger partial charge on any atom is 0.254 e. The number of hydrogen-bond acceptors (Lipinski definition) is 5. The molecule has 2 aromatic rings. The van der Waals surface area contributed by atoms with Crippen molar-refractivity contribution in [1.82, 2.24) is 20.6 Å². The standard InChI is InChI=1S/C17H20FN5O/c1-11-9-12(18)3-4-13(11)15-14(16(24)19-2)10-21-17(22-15)23-7-5-20-6-8-23/h3-4,9-10,20H,5-8H2,1-2H3,(H,19,24). The zero-order chi connectivity index (χ0) is 17.1. The average Bonchev–Trinajstić information content (AvgIpc) is 2.61. The van der Waals surface area contributed by atoms with E-state index < -0.39 is 0 Å². The number of halogens is 1. The minimum Gasteiger partial charge on any atom is -0.355 e. The molecule has 0 atom stereocenters. The Kier molecular flexibility index (Phi) is 4.71. The minimum atomic E-state index is -0.311. The molecule has 0 radical (unpaired) electrons. The average molecular weight is 329 g/mol. The molecular formula is C17H20FN5O. The van der Waals surface area contributed by atoms with Crippen LogP contribution in [-0.4, -0.2) is 49.1 Å². The van der Waals surface area contributed by atoms with Crippen molar-refractivity contribution >= 4 is 11.9 Å². The lowest BCUT2D eigenvalue weighted by molar-refractivity contribution is 0.0963. The molecule has 0 bridgehead atoms. The van der Waals surface area contributed by atoms with Crippen LogP contribution in [0.2, 0.25) is 0 Å². The zero-order valence-corrected chi connectivity index (χ0v) is 13.8. The van der Waals surface area contributed by atoms with Crippen LogP contribution >= 0.6 is 0 Å². The SMILES string of the molecule is CNC(=O)c1cnc(N2CCNCC2)nc1-c1ccc(F)cc1C. The number of hydrogen-bond donors (Lipinski definition) is 2. The highest BCUT2D eigenvalue weighted by Gasteiger charge is 2.20. The second kappa shape index (κ2) is 6.92. The van der Waals surface area contributed by atoms with Gasteiger partial charge in [0.05, 0.1) is 11.3 Å². The van der Waals surface area contributed by atoms with Crippen molar-refractivity contribution in [3.8, 4) is 11.3 Å². The maximum absolute atomic E-state index is 13.4. The first-order valence-corrected chi connectivity index (χ1v) is 7.91. The van der Waals surface area contributed by atoms with Gasteiger partial charge in [-0.3, -0.25) is 4.79 Å². The first-order chi connectivity index (χ1) is 11.6. The van der Waals surface area contributed by atoms with E-state index in [1.807, 2.05) is 0 Å². The Morgan fingerprint density at radius 2 is 2.08 bits per heavy atom. The van der Waals surface area contributed by atoms with E-state index in [-0.39, 0.29) is 11.7 Å². The molecule has 1 aliphatic heterocycles. The predicted molar refractivity (Wildman–Crippen MR) is 90.6 cm³/mol. The summed E-state index contributed by atoms with van der Waals surface area (Å²) >= 11 is 0. The fourth-order valence-corrected chi connectivity index (χ4v) is 2.79. The fourth-order valence-electron chi connectivity index (χ4n) is 2.79. The zero-order valence-electron chi connectivity index (χ0n) is 13.8. The van der Waals surface area contributed by atoms with Gasteiger partial charge < -0.3 is 15.5 Å². The van der Waals surface area contributed by atoms with Crippen LogP contribution in [0.1, 0.15) is 15.9 Å². The van der Waals surface area contributed by atoms with E-state index in [0.29, 0.717) is 17.2 Å². The van der Waals surface area contributed by atoms with Gasteiger partial charge in [0.15, 0.2) is 0 Å². The first kappa shape index (κ1) is 16.3. The lowest BCUT2D eigenvalue weighted by atomic mass is 10.0. The molecule has 0 aliphatic carbocycles. The molecule has 2 N–H and O–H groups in total. The summed E-state index contributed by atoms with van der Waals surface area (Å²) in [4.78, 5) is 23.2. The lowest BCUT2D eigenvalue weighted by Crippen LogP contribution is -2.44. The van der Waals surface area contributed by atoms with Crippen LogP contribution in [0, 0.1) is 12.7 Å². The summed E-state index contributed by atoms with van der Waals surface area (Å²) in [7, 11) is 1.56. The van der Waals surface area contributed by atoms with Crippen molar-refractivity contribution in [1.29, 1.82) is 0 Å². The molecule has 7 heteroatoms. The van der Waals surface area contributed by atoms with E-state index in [1.165, 1.54) is 12.1 Å². The smallest absolute Gasteiger partial charge is 0.254 e. The van der Waals surface area contributed by atoms with Crippen LogP contribution in [0.4, 0.5) is 10.3 Å². The Balaban J connectivity index is 2.10. The van der Waals surface area contributed by atoms with Crippen LogP contribution in [-0.2, 0) is 0 Å². The van der Waals surface area contributed by atoms with Gasteiger partial charge in [-0.1, -0.05) is 0 Å². The van der Waals surface area contributed by atoms with Crippen LogP contribution in [0.25, 0.3) is 11.3 Å². The summed E-state index contributed by atoms with van der Waals surface area (Å²) in [5.74, 6) is 0.0117. The van der Waals surface area contributed by atoms with E-state index in [2.05, 4.69) is 25.5 Å². The molecule has 1 aliphatic rings. The number of aromatic nitrogens is 2. The number of nitrogens with zero attached hydrogens (tertiary/aromatic N) is 3. The summed E-state index contributed by atoms with van der Waals surface area (Å²) < 4.78 is 13.4. The highest BCUT2D eigenvalue weighted by Crippen LogP contribution is 2.27. The van der Waals surface area contributed by atoms with Gasteiger partial charge in [0.25, 0.3) is 5.91 Å². The number of carbonyl (C=O) groups excluding carboxylic acids is 1. The number of piperazine rings is 1. The van der Waals surface area contributed by atoms with Crippen LogP contribution in [0.5, 0.6) is 0 Å². The lowest BCUT2D eigenvalue weighted by Gasteiger charge is -2.27. The molecule has 1 aromatic heterocycles. The van der Waals surface area contributed by atoms with Gasteiger partial charge in [0.2, 0.25) is 5.95 Å². The Morgan fingerprint density at radius 3 is 2.75 bits per heavy atom. The normalized spacial score (nSPS) is 14.5. The highest BCUT2D eigenvalue weighted by atomic mass is 19.1. The summed E-state index contributed by atoms with van der Waals surface area (Å²) in [6.07, 6.45) is 1.54. The number of amides is 1. The second-order valence-corrected chi connectivity index (χ2v) is 5.71. The largest absolute Gasteiger partial charge is 0.355 e. The van der Waals surface area contributed by atoms with Crippen molar-refractivity contribution in [3.05, 3.63) is 41.3 Å². The van der Waals surface area contributed by atoms with Crippen molar-refractivity contribution in [2.45, 2.75) is 6.92 Å². The van der Waals surface area contributed by atoms with Crippen LogP contribution in [0.15, 0.2) is 24.4 Å². The van der Waals surface area contributed by atoms with Gasteiger partial charge >= 0.3 is 0 Å². The summed E-state index contributed by atoms with van der Waals surface area (Å²) in [5, 5.41) is 5.89. The molecule has 1 fully saturated rings. The third kappa shape index (κ3) is 3.21. The molecule has 1 amide bonds. The molecule has 0 spiro atoms. The maximum atomic E-state index is 13.4. The molecule has 0 saturated carbocycles. The molecule has 0 unspecified atom stereocenters. The minimum absolute atomic E-state index is 0.263. The van der Waals surface area contributed by atoms with E-state index in [0.717, 1.165) is 37.3 Å². The Hall–Kier alpha value is -2.54. The van der Waals surface area contributed by atoms with E-state index in [1.54, 1.807) is 26.2 Å². The van der Waals surface area contributed by atoms with E-state index in [9.17, 15) is 9.18 Å². The molecule has 1 saturated heterocycles. The highest BCUT2D eigenvalue weighted by molar-refractivity contribution is 6.00. The summed E-state index contributed by atoms with van der Waals surface area (Å²) in [6.45, 7) is 5.15. The number of carbonyl (C=O) groups is 1. The quantitative estimate of drug-likeness (QED) is 0.890. The van der Waals surface area contributed by atoms with Gasteiger partial charge in [-0.15, -0.1) is 0 Å². The topological polar surface area (TPSA) is 70.2 Å². The number of rotatable bonds is 3. The van der Waals surface area contributed by atoms with Gasteiger partial charge in [0.1, 0.15) is 5.82 Å². The van der Waals surface area contributed by atoms with Crippen LogP contribution < -0.4 is 15.5 Å². The summed E-state index contributed by atoms with van der Waals surface area (Å²) in [5.41, 5.74) is 2.36. The third-order valence-corrected chi connectivity index (χ3v) is 4.09.